The van der Waals surface area contributed by atoms with Gasteiger partial charge >= 0.3 is 0 Å². The van der Waals surface area contributed by atoms with Crippen LogP contribution in [0.3, 0.4) is 0 Å². The van der Waals surface area contributed by atoms with Crippen molar-refractivity contribution in [2.24, 2.45) is 0 Å². The molecule has 0 aromatic heterocycles. The molecule has 0 heterocycles. The second-order valence-corrected chi connectivity index (χ2v) is 5.99. The fourth-order valence-corrected chi connectivity index (χ4v) is 2.36. The summed E-state index contributed by atoms with van der Waals surface area (Å²) < 4.78 is 11.1. The summed E-state index contributed by atoms with van der Waals surface area (Å²) in [7, 11) is 1.54. The maximum atomic E-state index is 12.6. The Bertz CT molecular complexity index is 833. The largest absolute Gasteiger partial charge is 0.493 e. The highest BCUT2D eigenvalue weighted by atomic mass is 35.5. The molecular weight excluding hydrogens is 338 g/mol. The molecule has 0 radical (unpaired) electrons. The van der Waals surface area contributed by atoms with Gasteiger partial charge in [-0.05, 0) is 50.3 Å². The average molecular weight is 356 g/mol. The minimum Gasteiger partial charge on any atom is -0.493 e. The fraction of sp³-hybridized carbons (Fsp3) is 0.200. The van der Waals surface area contributed by atoms with Crippen LogP contribution >= 0.6 is 11.6 Å². The van der Waals surface area contributed by atoms with Gasteiger partial charge in [0.15, 0.2) is 11.5 Å². The normalized spacial score (nSPS) is 11.1. The predicted molar refractivity (Wildman–Crippen MR) is 98.1 cm³/mol. The summed E-state index contributed by atoms with van der Waals surface area (Å²) in [4.78, 5) is 12.6. The lowest BCUT2D eigenvalue weighted by Gasteiger charge is -2.16. The smallest absolute Gasteiger partial charge is 0.203 e. The van der Waals surface area contributed by atoms with E-state index in [4.69, 9.17) is 21.1 Å². The summed E-state index contributed by atoms with van der Waals surface area (Å²) in [6.45, 7) is 3.79. The van der Waals surface area contributed by atoms with Crippen LogP contribution in [0.25, 0.3) is 6.08 Å². The molecule has 0 aliphatic rings. The van der Waals surface area contributed by atoms with E-state index < -0.39 is 0 Å². The summed E-state index contributed by atoms with van der Waals surface area (Å²) >= 11 is 5.84. The monoisotopic (exact) mass is 355 g/mol. The van der Waals surface area contributed by atoms with E-state index in [2.05, 4.69) is 0 Å². The Morgan fingerprint density at radius 3 is 2.44 bits per heavy atom. The van der Waals surface area contributed by atoms with Gasteiger partial charge in [0.25, 0.3) is 0 Å². The van der Waals surface area contributed by atoms with Crippen LogP contribution in [0.1, 0.15) is 29.8 Å². The number of rotatable bonds is 6. The first kappa shape index (κ1) is 18.6. The first-order valence-electron chi connectivity index (χ1n) is 7.72. The molecule has 2 rings (SSSR count). The number of allylic oxidation sites excluding steroid dienone is 1. The van der Waals surface area contributed by atoms with E-state index in [1.807, 2.05) is 19.9 Å². The minimum atomic E-state index is -0.377. The number of hydrogen-bond acceptors (Lipinski definition) is 4. The molecule has 128 valence electrons. The molecule has 0 saturated carbocycles. The number of hydrogen-bond donors (Lipinski definition) is 0. The zero-order chi connectivity index (χ0) is 18.4. The molecule has 0 aliphatic carbocycles. The number of nitrogens with zero attached hydrogens (tertiary/aromatic N) is 1. The first-order valence-corrected chi connectivity index (χ1v) is 8.09. The van der Waals surface area contributed by atoms with Gasteiger partial charge in [-0.1, -0.05) is 23.7 Å². The van der Waals surface area contributed by atoms with Crippen molar-refractivity contribution in [1.29, 1.82) is 5.26 Å². The van der Waals surface area contributed by atoms with Crippen molar-refractivity contribution in [3.8, 4) is 17.6 Å². The Morgan fingerprint density at radius 2 is 1.88 bits per heavy atom. The van der Waals surface area contributed by atoms with Crippen LogP contribution in [0.2, 0.25) is 5.02 Å². The van der Waals surface area contributed by atoms with E-state index in [0.717, 1.165) is 0 Å². The Hall–Kier alpha value is -2.77. The van der Waals surface area contributed by atoms with E-state index in [1.54, 1.807) is 49.6 Å². The zero-order valence-corrected chi connectivity index (χ0v) is 15.0. The molecule has 25 heavy (non-hydrogen) atoms. The lowest BCUT2D eigenvalue weighted by molar-refractivity contribution is 0.104. The van der Waals surface area contributed by atoms with Crippen molar-refractivity contribution in [2.75, 3.05) is 7.11 Å². The first-order chi connectivity index (χ1) is 12.0. The molecule has 2 aromatic rings. The Morgan fingerprint density at radius 1 is 1.20 bits per heavy atom. The van der Waals surface area contributed by atoms with Crippen molar-refractivity contribution < 1.29 is 14.3 Å². The van der Waals surface area contributed by atoms with Gasteiger partial charge in [0.1, 0.15) is 11.6 Å². The molecule has 0 bridgehead atoms. The van der Waals surface area contributed by atoms with Crippen LogP contribution in [0.15, 0.2) is 48.0 Å². The average Bonchev–Trinajstić information content (AvgIpc) is 2.60. The Balaban J connectivity index is 2.47. The standard InChI is InChI=1S/C20H18ClNO3/c1-13(2)25-20-15(5-4-6-18(20)24-3)11-16(12-22)19(23)14-7-9-17(21)10-8-14/h4-11,13H,1-3H3/b16-11+. The van der Waals surface area contributed by atoms with Crippen LogP contribution in [0.4, 0.5) is 0 Å². The van der Waals surface area contributed by atoms with E-state index in [9.17, 15) is 10.1 Å². The fourth-order valence-electron chi connectivity index (χ4n) is 2.23. The Labute approximate surface area is 152 Å². The van der Waals surface area contributed by atoms with Gasteiger partial charge in [0.05, 0.1) is 13.2 Å². The molecule has 0 fully saturated rings. The van der Waals surface area contributed by atoms with Crippen LogP contribution < -0.4 is 9.47 Å². The van der Waals surface area contributed by atoms with Crippen LogP contribution in [-0.2, 0) is 0 Å². The van der Waals surface area contributed by atoms with Gasteiger partial charge in [-0.15, -0.1) is 0 Å². The third-order valence-corrected chi connectivity index (χ3v) is 3.61. The van der Waals surface area contributed by atoms with Crippen molar-refractivity contribution >= 4 is 23.5 Å². The molecule has 0 saturated heterocycles. The van der Waals surface area contributed by atoms with Crippen LogP contribution in [-0.4, -0.2) is 19.0 Å². The molecule has 2 aromatic carbocycles. The van der Waals surface area contributed by atoms with Crippen molar-refractivity contribution in [1.82, 2.24) is 0 Å². The lowest BCUT2D eigenvalue weighted by Crippen LogP contribution is -2.08. The highest BCUT2D eigenvalue weighted by Crippen LogP contribution is 2.33. The number of nitriles is 1. The van der Waals surface area contributed by atoms with E-state index >= 15 is 0 Å². The van der Waals surface area contributed by atoms with Crippen molar-refractivity contribution in [2.45, 2.75) is 20.0 Å². The molecule has 0 unspecified atom stereocenters. The zero-order valence-electron chi connectivity index (χ0n) is 14.2. The third-order valence-electron chi connectivity index (χ3n) is 3.35. The summed E-state index contributed by atoms with van der Waals surface area (Å²) in [5.41, 5.74) is 1.00. The number of ketones is 1. The van der Waals surface area contributed by atoms with E-state index in [-0.39, 0.29) is 17.5 Å². The quantitative estimate of drug-likeness (QED) is 0.419. The molecule has 0 atom stereocenters. The van der Waals surface area contributed by atoms with Gasteiger partial charge < -0.3 is 9.47 Å². The second kappa shape index (κ2) is 8.36. The van der Waals surface area contributed by atoms with Crippen molar-refractivity contribution in [3.63, 3.8) is 0 Å². The third kappa shape index (κ3) is 4.62. The SMILES string of the molecule is COc1cccc(/C=C(\C#N)C(=O)c2ccc(Cl)cc2)c1OC(C)C. The summed E-state index contributed by atoms with van der Waals surface area (Å²) in [6, 6.07) is 13.7. The van der Waals surface area contributed by atoms with Gasteiger partial charge in [0.2, 0.25) is 5.78 Å². The molecule has 0 amide bonds. The number of benzene rings is 2. The number of ether oxygens (including phenoxy) is 2. The number of carbonyl (C=O) groups is 1. The number of carbonyl (C=O) groups excluding carboxylic acids is 1. The Kier molecular flexibility index (Phi) is 6.21. The molecule has 0 N–H and O–H groups in total. The maximum Gasteiger partial charge on any atom is 0.203 e. The topological polar surface area (TPSA) is 59.3 Å². The highest BCUT2D eigenvalue weighted by Gasteiger charge is 2.16. The lowest BCUT2D eigenvalue weighted by atomic mass is 10.0. The number of methoxy groups -OCH3 is 1. The number of para-hydroxylation sites is 1. The van der Waals surface area contributed by atoms with Gasteiger partial charge in [-0.3, -0.25) is 4.79 Å². The summed E-state index contributed by atoms with van der Waals surface area (Å²) in [6.07, 6.45) is 1.43. The van der Waals surface area contributed by atoms with Crippen molar-refractivity contribution in [3.05, 3.63) is 64.2 Å². The summed E-state index contributed by atoms with van der Waals surface area (Å²) in [5.74, 6) is 0.660. The van der Waals surface area contributed by atoms with Gasteiger partial charge in [-0.25, -0.2) is 0 Å². The molecule has 5 heteroatoms. The molecule has 0 aliphatic heterocycles. The second-order valence-electron chi connectivity index (χ2n) is 5.55. The maximum absolute atomic E-state index is 12.6. The number of halogens is 1. The molecule has 0 spiro atoms. The number of Topliss-reactive ketones (excluding diaryl/α,β-unsaturated/α-hetero) is 1. The highest BCUT2D eigenvalue weighted by molar-refractivity contribution is 6.30. The molecule has 4 nitrogen and oxygen atoms in total. The van der Waals surface area contributed by atoms with E-state index in [0.29, 0.717) is 27.6 Å². The predicted octanol–water partition coefficient (Wildman–Crippen LogP) is 4.93. The van der Waals surface area contributed by atoms with Gasteiger partial charge in [-0.2, -0.15) is 5.26 Å². The van der Waals surface area contributed by atoms with E-state index in [1.165, 1.54) is 6.08 Å². The van der Waals surface area contributed by atoms with Gasteiger partial charge in [0, 0.05) is 16.1 Å². The summed E-state index contributed by atoms with van der Waals surface area (Å²) in [5, 5.41) is 9.96. The minimum absolute atomic E-state index is 0.00387. The molecular formula is C20H18ClNO3. The van der Waals surface area contributed by atoms with Crippen LogP contribution in [0, 0.1) is 11.3 Å². The van der Waals surface area contributed by atoms with Crippen LogP contribution in [0.5, 0.6) is 11.5 Å².